The summed E-state index contributed by atoms with van der Waals surface area (Å²) in [5, 5.41) is 8.98. The van der Waals surface area contributed by atoms with E-state index in [0.717, 1.165) is 16.8 Å². The van der Waals surface area contributed by atoms with E-state index in [4.69, 9.17) is 21.1 Å². The van der Waals surface area contributed by atoms with Crippen molar-refractivity contribution in [1.82, 2.24) is 0 Å². The maximum Gasteiger partial charge on any atom is 0.305 e. The fraction of sp³-hybridized carbons (Fsp3) is 0.440. The Hall–Kier alpha value is -2.38. The van der Waals surface area contributed by atoms with Crippen LogP contribution in [0.5, 0.6) is 11.5 Å². The first-order valence-corrected chi connectivity index (χ1v) is 12.1. The molecule has 33 heavy (non-hydrogen) atoms. The van der Waals surface area contributed by atoms with Crippen LogP contribution < -0.4 is 14.4 Å². The van der Waals surface area contributed by atoms with Crippen LogP contribution in [0.2, 0.25) is 5.02 Å². The molecule has 1 N–H and O–H groups in total. The monoisotopic (exact) mass is 491 g/mol. The van der Waals surface area contributed by atoms with Crippen molar-refractivity contribution in [2.45, 2.75) is 44.6 Å². The average molecular weight is 492 g/mol. The maximum absolute atomic E-state index is 13.6. The van der Waals surface area contributed by atoms with Gasteiger partial charge in [0.05, 0.1) is 30.6 Å². The standard InChI is InChI=1S/C25H30ClNO5S/c1-6-32-16-8-9-17(20(12-16)31-5)23-18-11-15(26)7-10-19(18)27(14-25(2,3)4)24(30)21(33-23)13-22(28)29/h7-12,21,23H,6,13-14H2,1-5H3,(H,28,29)/t21-,23-/m1/s1. The number of carboxylic acid groups (broad SMARTS) is 1. The smallest absolute Gasteiger partial charge is 0.305 e. The molecule has 2 aromatic carbocycles. The Morgan fingerprint density at radius 3 is 2.52 bits per heavy atom. The number of carbonyl (C=O) groups excluding carboxylic acids is 1. The molecular formula is C25H30ClNO5S. The van der Waals surface area contributed by atoms with Crippen molar-refractivity contribution in [2.24, 2.45) is 5.41 Å². The van der Waals surface area contributed by atoms with E-state index < -0.39 is 11.2 Å². The van der Waals surface area contributed by atoms with E-state index in [1.807, 2.05) is 58.0 Å². The van der Waals surface area contributed by atoms with E-state index >= 15 is 0 Å². The number of fused-ring (bicyclic) bond motifs is 1. The summed E-state index contributed by atoms with van der Waals surface area (Å²) in [6.45, 7) is 9.03. The highest BCUT2D eigenvalue weighted by molar-refractivity contribution is 8.01. The molecule has 1 amide bonds. The summed E-state index contributed by atoms with van der Waals surface area (Å²) in [4.78, 5) is 27.0. The molecule has 0 saturated heterocycles. The number of methoxy groups -OCH3 is 1. The van der Waals surface area contributed by atoms with Crippen molar-refractivity contribution in [3.05, 3.63) is 52.5 Å². The largest absolute Gasteiger partial charge is 0.496 e. The summed E-state index contributed by atoms with van der Waals surface area (Å²) in [5.74, 6) is 0.0528. The minimum Gasteiger partial charge on any atom is -0.496 e. The first kappa shape index (κ1) is 25.2. The number of nitrogens with zero attached hydrogens (tertiary/aromatic N) is 1. The molecule has 1 aliphatic heterocycles. The van der Waals surface area contributed by atoms with Crippen LogP contribution in [0.15, 0.2) is 36.4 Å². The lowest BCUT2D eigenvalue weighted by Crippen LogP contribution is -2.42. The van der Waals surface area contributed by atoms with Gasteiger partial charge in [0, 0.05) is 28.9 Å². The number of rotatable bonds is 7. The number of anilines is 1. The first-order chi connectivity index (χ1) is 15.5. The number of carbonyl (C=O) groups is 2. The zero-order valence-corrected chi connectivity index (χ0v) is 21.1. The third-order valence-corrected chi connectivity index (χ3v) is 6.91. The van der Waals surface area contributed by atoms with Gasteiger partial charge in [-0.1, -0.05) is 38.4 Å². The minimum absolute atomic E-state index is 0.193. The van der Waals surface area contributed by atoms with E-state index in [0.29, 0.717) is 29.7 Å². The predicted molar refractivity (Wildman–Crippen MR) is 133 cm³/mol. The SMILES string of the molecule is CCOc1ccc([C@H]2S[C@H](CC(=O)O)C(=O)N(CC(C)(C)C)c3ccc(Cl)cc32)c(OC)c1. The van der Waals surface area contributed by atoms with Crippen LogP contribution in [0, 0.1) is 5.41 Å². The molecule has 1 aliphatic rings. The second kappa shape index (κ2) is 10.3. The summed E-state index contributed by atoms with van der Waals surface area (Å²) in [6.07, 6.45) is -0.276. The average Bonchev–Trinajstić information content (AvgIpc) is 2.83. The molecule has 2 aromatic rings. The zero-order valence-electron chi connectivity index (χ0n) is 19.6. The van der Waals surface area contributed by atoms with Gasteiger partial charge in [0.2, 0.25) is 5.91 Å². The fourth-order valence-electron chi connectivity index (χ4n) is 3.91. The summed E-state index contributed by atoms with van der Waals surface area (Å²) >= 11 is 7.72. The van der Waals surface area contributed by atoms with Gasteiger partial charge in [-0.25, -0.2) is 0 Å². The van der Waals surface area contributed by atoms with Crippen molar-refractivity contribution in [2.75, 3.05) is 25.2 Å². The van der Waals surface area contributed by atoms with Crippen LogP contribution in [0.4, 0.5) is 5.69 Å². The van der Waals surface area contributed by atoms with Crippen molar-refractivity contribution in [3.8, 4) is 11.5 Å². The second-order valence-electron chi connectivity index (χ2n) is 9.13. The van der Waals surface area contributed by atoms with Crippen LogP contribution in [0.3, 0.4) is 0 Å². The van der Waals surface area contributed by atoms with Gasteiger partial charge in [-0.2, -0.15) is 0 Å². The molecule has 1 heterocycles. The van der Waals surface area contributed by atoms with Crippen LogP contribution in [-0.2, 0) is 9.59 Å². The van der Waals surface area contributed by atoms with Gasteiger partial charge in [-0.15, -0.1) is 11.8 Å². The van der Waals surface area contributed by atoms with E-state index in [1.54, 1.807) is 18.1 Å². The molecule has 0 fully saturated rings. The molecule has 0 bridgehead atoms. The zero-order chi connectivity index (χ0) is 24.3. The van der Waals surface area contributed by atoms with Gasteiger partial charge in [0.15, 0.2) is 0 Å². The van der Waals surface area contributed by atoms with Crippen molar-refractivity contribution in [1.29, 1.82) is 0 Å². The lowest BCUT2D eigenvalue weighted by Gasteiger charge is -2.31. The first-order valence-electron chi connectivity index (χ1n) is 10.8. The molecule has 3 rings (SSSR count). The Kier molecular flexibility index (Phi) is 7.85. The third kappa shape index (κ3) is 5.95. The maximum atomic E-state index is 13.6. The number of thioether (sulfide) groups is 1. The Morgan fingerprint density at radius 2 is 1.91 bits per heavy atom. The van der Waals surface area contributed by atoms with E-state index in [9.17, 15) is 14.7 Å². The van der Waals surface area contributed by atoms with E-state index in [1.165, 1.54) is 11.8 Å². The van der Waals surface area contributed by atoms with Gasteiger partial charge in [0.1, 0.15) is 11.5 Å². The normalized spacial score (nSPS) is 18.5. The highest BCUT2D eigenvalue weighted by atomic mass is 35.5. The Bertz CT molecular complexity index is 1040. The minimum atomic E-state index is -1.02. The van der Waals surface area contributed by atoms with Crippen LogP contribution in [0.1, 0.15) is 50.5 Å². The number of ether oxygens (including phenoxy) is 2. The number of benzene rings is 2. The van der Waals surface area contributed by atoms with Crippen molar-refractivity contribution >= 4 is 40.9 Å². The van der Waals surface area contributed by atoms with Crippen LogP contribution >= 0.6 is 23.4 Å². The highest BCUT2D eigenvalue weighted by Gasteiger charge is 2.39. The van der Waals surface area contributed by atoms with E-state index in [-0.39, 0.29) is 23.0 Å². The number of halogens is 1. The molecule has 6 nitrogen and oxygen atoms in total. The molecule has 0 unspecified atom stereocenters. The van der Waals surface area contributed by atoms with Crippen molar-refractivity contribution < 1.29 is 24.2 Å². The van der Waals surface area contributed by atoms with Crippen LogP contribution in [-0.4, -0.2) is 42.5 Å². The third-order valence-electron chi connectivity index (χ3n) is 5.20. The molecule has 178 valence electrons. The molecule has 2 atom stereocenters. The number of hydrogen-bond acceptors (Lipinski definition) is 5. The Labute approximate surface area is 204 Å². The molecule has 0 spiro atoms. The van der Waals surface area contributed by atoms with Gasteiger partial charge in [-0.05, 0) is 42.2 Å². The molecule has 0 aromatic heterocycles. The lowest BCUT2D eigenvalue weighted by molar-refractivity contribution is -0.138. The number of amides is 1. The summed E-state index contributed by atoms with van der Waals surface area (Å²) in [5.41, 5.74) is 2.22. The summed E-state index contributed by atoms with van der Waals surface area (Å²) in [7, 11) is 1.58. The Morgan fingerprint density at radius 1 is 1.18 bits per heavy atom. The van der Waals surface area contributed by atoms with E-state index in [2.05, 4.69) is 0 Å². The topological polar surface area (TPSA) is 76.1 Å². The molecule has 0 radical (unpaired) electrons. The van der Waals surface area contributed by atoms with Gasteiger partial charge in [-0.3, -0.25) is 9.59 Å². The Balaban J connectivity index is 2.22. The number of hydrogen-bond donors (Lipinski definition) is 1. The number of carboxylic acids is 1. The summed E-state index contributed by atoms with van der Waals surface area (Å²) in [6, 6.07) is 11.1. The highest BCUT2D eigenvalue weighted by Crippen LogP contribution is 2.50. The van der Waals surface area contributed by atoms with Gasteiger partial charge in [0.25, 0.3) is 0 Å². The fourth-order valence-corrected chi connectivity index (χ4v) is 5.57. The second-order valence-corrected chi connectivity index (χ2v) is 10.9. The van der Waals surface area contributed by atoms with Crippen molar-refractivity contribution in [3.63, 3.8) is 0 Å². The molecule has 8 heteroatoms. The molecule has 0 saturated carbocycles. The summed E-state index contributed by atoms with van der Waals surface area (Å²) < 4.78 is 11.3. The molecular weight excluding hydrogens is 462 g/mol. The molecule has 0 aliphatic carbocycles. The lowest BCUT2D eigenvalue weighted by atomic mass is 9.94. The predicted octanol–water partition coefficient (Wildman–Crippen LogP) is 5.81. The van der Waals surface area contributed by atoms with Gasteiger partial charge < -0.3 is 19.5 Å². The quantitative estimate of drug-likeness (QED) is 0.527. The number of aliphatic carboxylic acids is 1. The van der Waals surface area contributed by atoms with Gasteiger partial charge >= 0.3 is 5.97 Å². The van der Waals surface area contributed by atoms with Crippen LogP contribution in [0.25, 0.3) is 0 Å².